The predicted molar refractivity (Wildman–Crippen MR) is 116 cm³/mol. The van der Waals surface area contributed by atoms with Gasteiger partial charge in [-0.05, 0) is 38.2 Å². The molecule has 1 saturated heterocycles. The number of piperidine rings is 1. The molecule has 2 fully saturated rings. The average molecular weight is 446 g/mol. The van der Waals surface area contributed by atoms with Gasteiger partial charge in [0.15, 0.2) is 5.75 Å². The van der Waals surface area contributed by atoms with E-state index >= 15 is 0 Å². The van der Waals surface area contributed by atoms with Crippen LogP contribution in [0.1, 0.15) is 44.7 Å². The largest absolute Gasteiger partial charge is 0.489 e. The third-order valence-corrected chi connectivity index (χ3v) is 8.62. The van der Waals surface area contributed by atoms with Crippen LogP contribution in [0.4, 0.5) is 5.95 Å². The number of nitrogens with one attached hydrogen (secondary N) is 1. The molecule has 3 aromatic heterocycles. The van der Waals surface area contributed by atoms with Crippen LogP contribution in [0.25, 0.3) is 16.8 Å². The van der Waals surface area contributed by atoms with Crippen LogP contribution in [0.3, 0.4) is 0 Å². The summed E-state index contributed by atoms with van der Waals surface area (Å²) in [7, 11) is -3.18. The number of fused-ring (bicyclic) bond motifs is 1. The number of pyridine rings is 1. The maximum atomic E-state index is 12.7. The SMILES string of the molecule is CCOc1c(-c2cn[nH]c2)cc([C@H]2CCN(S(=O)(=O)C3CC3)C[C@@H]2C)n2nc(N)nc12. The van der Waals surface area contributed by atoms with Crippen molar-refractivity contribution in [2.24, 2.45) is 5.92 Å². The number of nitrogens with two attached hydrogens (primary N) is 1. The van der Waals surface area contributed by atoms with Crippen LogP contribution in [0.2, 0.25) is 0 Å². The Morgan fingerprint density at radius 3 is 2.77 bits per heavy atom. The molecule has 0 spiro atoms. The van der Waals surface area contributed by atoms with Gasteiger partial charge in [0.2, 0.25) is 21.6 Å². The average Bonchev–Trinajstić information content (AvgIpc) is 3.33. The first kappa shape index (κ1) is 20.3. The zero-order valence-electron chi connectivity index (χ0n) is 17.7. The Labute approximate surface area is 180 Å². The Bertz CT molecular complexity index is 1200. The first-order valence-electron chi connectivity index (χ1n) is 10.7. The molecule has 2 aliphatic rings. The molecule has 2 atom stereocenters. The second-order valence-electron chi connectivity index (χ2n) is 8.41. The number of sulfonamides is 1. The summed E-state index contributed by atoms with van der Waals surface area (Å²) in [5, 5.41) is 11.2. The van der Waals surface area contributed by atoms with E-state index in [-0.39, 0.29) is 23.0 Å². The number of aromatic amines is 1. The zero-order chi connectivity index (χ0) is 21.8. The number of nitrogens with zero attached hydrogens (tertiary/aromatic N) is 5. The van der Waals surface area contributed by atoms with Crippen molar-refractivity contribution in [2.45, 2.75) is 44.3 Å². The van der Waals surface area contributed by atoms with Gasteiger partial charge in [-0.15, -0.1) is 5.10 Å². The smallest absolute Gasteiger partial charge is 0.240 e. The Morgan fingerprint density at radius 2 is 2.13 bits per heavy atom. The van der Waals surface area contributed by atoms with Crippen LogP contribution in [-0.2, 0) is 10.0 Å². The highest BCUT2D eigenvalue weighted by Gasteiger charge is 2.43. The number of H-pyrrole nitrogens is 1. The van der Waals surface area contributed by atoms with Crippen molar-refractivity contribution in [3.8, 4) is 16.9 Å². The fourth-order valence-corrected chi connectivity index (χ4v) is 6.52. The van der Waals surface area contributed by atoms with Crippen molar-refractivity contribution in [3.63, 3.8) is 0 Å². The van der Waals surface area contributed by atoms with Crippen molar-refractivity contribution >= 4 is 21.6 Å². The summed E-state index contributed by atoms with van der Waals surface area (Å²) in [6.45, 7) is 5.50. The minimum Gasteiger partial charge on any atom is -0.489 e. The van der Waals surface area contributed by atoms with Gasteiger partial charge in [0.1, 0.15) is 0 Å². The molecule has 31 heavy (non-hydrogen) atoms. The summed E-state index contributed by atoms with van der Waals surface area (Å²) in [6, 6.07) is 2.06. The van der Waals surface area contributed by atoms with E-state index in [1.165, 1.54) is 0 Å². The molecule has 11 heteroatoms. The Hall–Kier alpha value is -2.66. The Balaban J connectivity index is 1.58. The highest BCUT2D eigenvalue weighted by molar-refractivity contribution is 7.90. The molecule has 10 nitrogen and oxygen atoms in total. The van der Waals surface area contributed by atoms with E-state index < -0.39 is 10.0 Å². The Morgan fingerprint density at radius 1 is 1.32 bits per heavy atom. The number of ether oxygens (including phenoxy) is 1. The first-order chi connectivity index (χ1) is 14.9. The molecule has 1 aliphatic heterocycles. The highest BCUT2D eigenvalue weighted by atomic mass is 32.2. The molecule has 0 unspecified atom stereocenters. The van der Waals surface area contributed by atoms with E-state index in [1.807, 2.05) is 13.1 Å². The lowest BCUT2D eigenvalue weighted by Gasteiger charge is -2.36. The van der Waals surface area contributed by atoms with E-state index in [9.17, 15) is 8.42 Å². The zero-order valence-corrected chi connectivity index (χ0v) is 18.5. The van der Waals surface area contributed by atoms with Crippen molar-refractivity contribution in [2.75, 3.05) is 25.4 Å². The standard InChI is InChI=1S/C20H27N7O3S/c1-3-30-18-16(13-9-22-23-10-13)8-17(27-19(18)24-20(21)25-27)15-6-7-26(11-12(15)2)31(28,29)14-4-5-14/h8-10,12,14-15H,3-7,11H2,1-2H3,(H2,21,25)(H,22,23)/t12-,15-/m0/s1. The number of hydrogen-bond donors (Lipinski definition) is 2. The number of anilines is 1. The summed E-state index contributed by atoms with van der Waals surface area (Å²) in [6.07, 6.45) is 5.82. The van der Waals surface area contributed by atoms with Crippen LogP contribution in [0.15, 0.2) is 18.5 Å². The summed E-state index contributed by atoms with van der Waals surface area (Å²) in [5.41, 5.74) is 9.24. The summed E-state index contributed by atoms with van der Waals surface area (Å²) < 4.78 is 34.8. The van der Waals surface area contributed by atoms with Gasteiger partial charge in [-0.25, -0.2) is 17.2 Å². The van der Waals surface area contributed by atoms with Gasteiger partial charge in [0.25, 0.3) is 0 Å². The fraction of sp³-hybridized carbons (Fsp3) is 0.550. The van der Waals surface area contributed by atoms with Crippen LogP contribution in [0.5, 0.6) is 5.75 Å². The van der Waals surface area contributed by atoms with Crippen LogP contribution in [-0.4, -0.2) is 62.5 Å². The predicted octanol–water partition coefficient (Wildman–Crippen LogP) is 2.02. The van der Waals surface area contributed by atoms with Crippen LogP contribution < -0.4 is 10.5 Å². The molecule has 0 radical (unpaired) electrons. The highest BCUT2D eigenvalue weighted by Crippen LogP contribution is 2.42. The van der Waals surface area contributed by atoms with Gasteiger partial charge < -0.3 is 10.5 Å². The van der Waals surface area contributed by atoms with Gasteiger partial charge in [0.05, 0.1) is 18.1 Å². The fourth-order valence-electron chi connectivity index (χ4n) is 4.57. The normalized spacial score (nSPS) is 22.8. The van der Waals surface area contributed by atoms with E-state index in [0.29, 0.717) is 37.5 Å². The maximum absolute atomic E-state index is 12.7. The van der Waals surface area contributed by atoms with Crippen molar-refractivity contribution in [1.29, 1.82) is 0 Å². The number of hydrogen-bond acceptors (Lipinski definition) is 7. The van der Waals surface area contributed by atoms with E-state index in [4.69, 9.17) is 10.5 Å². The molecule has 166 valence electrons. The topological polar surface area (TPSA) is 132 Å². The second-order valence-corrected chi connectivity index (χ2v) is 10.6. The van der Waals surface area contributed by atoms with E-state index in [1.54, 1.807) is 15.0 Å². The molecule has 0 amide bonds. The van der Waals surface area contributed by atoms with E-state index in [0.717, 1.165) is 29.7 Å². The van der Waals surface area contributed by atoms with Crippen LogP contribution >= 0.6 is 0 Å². The maximum Gasteiger partial charge on any atom is 0.240 e. The summed E-state index contributed by atoms with van der Waals surface area (Å²) >= 11 is 0. The third kappa shape index (κ3) is 3.45. The van der Waals surface area contributed by atoms with Gasteiger partial charge in [-0.3, -0.25) is 5.10 Å². The number of rotatable bonds is 6. The molecule has 4 heterocycles. The lowest BCUT2D eigenvalue weighted by Crippen LogP contribution is -2.43. The van der Waals surface area contributed by atoms with Crippen molar-refractivity contribution < 1.29 is 13.2 Å². The lowest BCUT2D eigenvalue weighted by atomic mass is 9.84. The molecule has 1 saturated carbocycles. The monoisotopic (exact) mass is 445 g/mol. The summed E-state index contributed by atoms with van der Waals surface area (Å²) in [4.78, 5) is 4.44. The Kier molecular flexibility index (Phi) is 4.89. The minimum absolute atomic E-state index is 0.107. The van der Waals surface area contributed by atoms with Crippen molar-refractivity contribution in [3.05, 3.63) is 24.2 Å². The van der Waals surface area contributed by atoms with Gasteiger partial charge in [0, 0.05) is 42.0 Å². The molecule has 0 aromatic carbocycles. The molecule has 3 aromatic rings. The molecule has 0 bridgehead atoms. The third-order valence-electron chi connectivity index (χ3n) is 6.26. The molecule has 1 aliphatic carbocycles. The number of aromatic nitrogens is 5. The van der Waals surface area contributed by atoms with Crippen molar-refractivity contribution in [1.82, 2.24) is 29.1 Å². The van der Waals surface area contributed by atoms with E-state index in [2.05, 4.69) is 33.3 Å². The number of nitrogen functional groups attached to an aromatic ring is 1. The van der Waals surface area contributed by atoms with Gasteiger partial charge in [-0.2, -0.15) is 10.1 Å². The summed E-state index contributed by atoms with van der Waals surface area (Å²) in [5.74, 6) is 1.01. The lowest BCUT2D eigenvalue weighted by molar-refractivity contribution is 0.243. The first-order valence-corrected chi connectivity index (χ1v) is 12.2. The van der Waals surface area contributed by atoms with Crippen LogP contribution in [0, 0.1) is 5.92 Å². The molecule has 5 rings (SSSR count). The second kappa shape index (κ2) is 7.49. The van der Waals surface area contributed by atoms with Gasteiger partial charge >= 0.3 is 0 Å². The molecule has 3 N–H and O–H groups in total. The quantitative estimate of drug-likeness (QED) is 0.593. The molecular weight excluding hydrogens is 418 g/mol. The molecular formula is C20H27N7O3S. The minimum atomic E-state index is -3.18. The van der Waals surface area contributed by atoms with Gasteiger partial charge in [-0.1, -0.05) is 6.92 Å².